The third-order valence-electron chi connectivity index (χ3n) is 4.62. The lowest BCUT2D eigenvalue weighted by molar-refractivity contribution is 0.0949. The van der Waals surface area contributed by atoms with Crippen LogP contribution in [-0.2, 0) is 6.54 Å². The zero-order valence-electron chi connectivity index (χ0n) is 15.6. The van der Waals surface area contributed by atoms with E-state index >= 15 is 0 Å². The Labute approximate surface area is 168 Å². The third kappa shape index (κ3) is 4.30. The van der Waals surface area contributed by atoms with E-state index in [1.165, 1.54) is 6.20 Å². The van der Waals surface area contributed by atoms with E-state index in [9.17, 15) is 9.59 Å². The van der Waals surface area contributed by atoms with Crippen molar-refractivity contribution < 1.29 is 9.59 Å². The van der Waals surface area contributed by atoms with Gasteiger partial charge in [0.05, 0.1) is 5.56 Å². The molecule has 1 aromatic heterocycles. The lowest BCUT2D eigenvalue weighted by Gasteiger charge is -2.09. The second kappa shape index (κ2) is 8.35. The predicted octanol–water partition coefficient (Wildman–Crippen LogP) is 4.42. The predicted molar refractivity (Wildman–Crippen MR) is 114 cm³/mol. The van der Waals surface area contributed by atoms with E-state index in [0.29, 0.717) is 23.4 Å². The van der Waals surface area contributed by atoms with Crippen LogP contribution in [0.25, 0.3) is 10.8 Å². The van der Waals surface area contributed by atoms with Gasteiger partial charge in [-0.1, -0.05) is 48.5 Å². The van der Waals surface area contributed by atoms with E-state index in [1.807, 2.05) is 66.7 Å². The van der Waals surface area contributed by atoms with Gasteiger partial charge in [-0.15, -0.1) is 0 Å². The average Bonchev–Trinajstić information content (AvgIpc) is 2.78. The van der Waals surface area contributed by atoms with E-state index < -0.39 is 0 Å². The number of benzene rings is 3. The molecular formula is C24H19N3O2. The molecule has 0 fully saturated rings. The fourth-order valence-electron chi connectivity index (χ4n) is 3.11. The Morgan fingerprint density at radius 2 is 1.59 bits per heavy atom. The van der Waals surface area contributed by atoms with Gasteiger partial charge in [0.15, 0.2) is 0 Å². The van der Waals surface area contributed by atoms with Gasteiger partial charge in [0.25, 0.3) is 11.8 Å². The Bertz CT molecular complexity index is 1150. The molecule has 0 atom stereocenters. The van der Waals surface area contributed by atoms with Gasteiger partial charge in [-0.05, 0) is 46.7 Å². The molecule has 0 unspecified atom stereocenters. The number of amides is 2. The molecule has 0 spiro atoms. The van der Waals surface area contributed by atoms with Crippen molar-refractivity contribution in [2.24, 2.45) is 0 Å². The Kier molecular flexibility index (Phi) is 5.29. The molecule has 2 amide bonds. The van der Waals surface area contributed by atoms with Crippen LogP contribution in [0.2, 0.25) is 0 Å². The molecule has 4 rings (SSSR count). The first-order chi connectivity index (χ1) is 14.2. The first-order valence-electron chi connectivity index (χ1n) is 9.27. The number of carbonyl (C=O) groups excluding carboxylic acids is 2. The van der Waals surface area contributed by atoms with Crippen LogP contribution in [0.1, 0.15) is 26.3 Å². The molecule has 0 bridgehead atoms. The van der Waals surface area contributed by atoms with Crippen LogP contribution in [0.4, 0.5) is 5.69 Å². The summed E-state index contributed by atoms with van der Waals surface area (Å²) in [6.45, 7) is 0.394. The molecule has 3 aromatic carbocycles. The topological polar surface area (TPSA) is 71.1 Å². The molecule has 0 aliphatic heterocycles. The molecule has 5 nitrogen and oxygen atoms in total. The maximum atomic E-state index is 12.7. The number of pyridine rings is 1. The summed E-state index contributed by atoms with van der Waals surface area (Å²) in [6.07, 6.45) is 3.16. The highest BCUT2D eigenvalue weighted by molar-refractivity contribution is 6.12. The number of aromatic nitrogens is 1. The van der Waals surface area contributed by atoms with Crippen molar-refractivity contribution in [2.45, 2.75) is 6.54 Å². The van der Waals surface area contributed by atoms with Crippen molar-refractivity contribution in [3.05, 3.63) is 108 Å². The monoisotopic (exact) mass is 381 g/mol. The molecule has 2 N–H and O–H groups in total. The Morgan fingerprint density at radius 1 is 0.793 bits per heavy atom. The lowest BCUT2D eigenvalue weighted by Crippen LogP contribution is -2.22. The minimum Gasteiger partial charge on any atom is -0.348 e. The van der Waals surface area contributed by atoms with Crippen LogP contribution in [0.15, 0.2) is 91.3 Å². The number of nitrogens with one attached hydrogen (secondary N) is 2. The first-order valence-corrected chi connectivity index (χ1v) is 9.27. The molecule has 142 valence electrons. The van der Waals surface area contributed by atoms with Crippen molar-refractivity contribution in [1.29, 1.82) is 0 Å². The van der Waals surface area contributed by atoms with Crippen molar-refractivity contribution in [3.63, 3.8) is 0 Å². The van der Waals surface area contributed by atoms with Gasteiger partial charge in [-0.3, -0.25) is 14.6 Å². The lowest BCUT2D eigenvalue weighted by atomic mass is 10.0. The smallest absolute Gasteiger partial charge is 0.256 e. The second-order valence-electron chi connectivity index (χ2n) is 6.60. The Hall–Kier alpha value is -3.99. The minimum atomic E-state index is -0.175. The van der Waals surface area contributed by atoms with Gasteiger partial charge in [0.1, 0.15) is 0 Å². The molecule has 1 heterocycles. The number of hydrogen-bond donors (Lipinski definition) is 2. The number of hydrogen-bond acceptors (Lipinski definition) is 3. The molecule has 0 aliphatic rings. The Balaban J connectivity index is 1.40. The summed E-state index contributed by atoms with van der Waals surface area (Å²) in [6, 6.07) is 24.3. The SMILES string of the molecule is O=C(NCc1ccc(NC(=O)c2cccc3ccccc23)cc1)c1cccnc1. The van der Waals surface area contributed by atoms with Crippen molar-refractivity contribution in [2.75, 3.05) is 5.32 Å². The summed E-state index contributed by atoms with van der Waals surface area (Å²) < 4.78 is 0. The van der Waals surface area contributed by atoms with Crippen molar-refractivity contribution >= 4 is 28.3 Å². The van der Waals surface area contributed by atoms with Gasteiger partial charge >= 0.3 is 0 Å². The van der Waals surface area contributed by atoms with Crippen LogP contribution >= 0.6 is 0 Å². The number of carbonyl (C=O) groups is 2. The maximum Gasteiger partial charge on any atom is 0.256 e. The van der Waals surface area contributed by atoms with E-state index in [-0.39, 0.29) is 11.8 Å². The standard InChI is InChI=1S/C24H19N3O2/c28-23(19-7-4-14-25-16-19)26-15-17-10-12-20(13-11-17)27-24(29)22-9-3-6-18-5-1-2-8-21(18)22/h1-14,16H,15H2,(H,26,28)(H,27,29). The second-order valence-corrected chi connectivity index (χ2v) is 6.60. The highest BCUT2D eigenvalue weighted by Gasteiger charge is 2.10. The van der Waals surface area contributed by atoms with E-state index in [2.05, 4.69) is 15.6 Å². The number of rotatable bonds is 5. The summed E-state index contributed by atoms with van der Waals surface area (Å²) in [5.74, 6) is -0.328. The third-order valence-corrected chi connectivity index (χ3v) is 4.62. The fourth-order valence-corrected chi connectivity index (χ4v) is 3.11. The van der Waals surface area contributed by atoms with Crippen molar-refractivity contribution in [1.82, 2.24) is 10.3 Å². The van der Waals surface area contributed by atoms with E-state index in [0.717, 1.165) is 16.3 Å². The fraction of sp³-hybridized carbons (Fsp3) is 0.0417. The largest absolute Gasteiger partial charge is 0.348 e. The molecule has 0 saturated carbocycles. The molecule has 4 aromatic rings. The molecule has 0 radical (unpaired) electrons. The van der Waals surface area contributed by atoms with Gasteiger partial charge in [-0.2, -0.15) is 0 Å². The summed E-state index contributed by atoms with van der Waals surface area (Å²) in [4.78, 5) is 28.7. The normalized spacial score (nSPS) is 10.5. The van der Waals surface area contributed by atoms with Crippen LogP contribution in [-0.4, -0.2) is 16.8 Å². The highest BCUT2D eigenvalue weighted by atomic mass is 16.2. The zero-order chi connectivity index (χ0) is 20.1. The molecule has 29 heavy (non-hydrogen) atoms. The van der Waals surface area contributed by atoms with Crippen molar-refractivity contribution in [3.8, 4) is 0 Å². The zero-order valence-corrected chi connectivity index (χ0v) is 15.6. The number of fused-ring (bicyclic) bond motifs is 1. The summed E-state index contributed by atoms with van der Waals surface area (Å²) in [5.41, 5.74) is 2.79. The van der Waals surface area contributed by atoms with Gasteiger partial charge < -0.3 is 10.6 Å². The van der Waals surface area contributed by atoms with Crippen LogP contribution in [0.3, 0.4) is 0 Å². The number of anilines is 1. The molecular weight excluding hydrogens is 362 g/mol. The van der Waals surface area contributed by atoms with E-state index in [4.69, 9.17) is 0 Å². The molecule has 0 aliphatic carbocycles. The summed E-state index contributed by atoms with van der Waals surface area (Å²) in [5, 5.41) is 7.74. The summed E-state index contributed by atoms with van der Waals surface area (Å²) >= 11 is 0. The minimum absolute atomic E-state index is 0.153. The highest BCUT2D eigenvalue weighted by Crippen LogP contribution is 2.20. The van der Waals surface area contributed by atoms with Crippen LogP contribution < -0.4 is 10.6 Å². The molecule has 5 heteroatoms. The van der Waals surface area contributed by atoms with Gasteiger partial charge in [0, 0.05) is 30.2 Å². The maximum absolute atomic E-state index is 12.7. The van der Waals surface area contributed by atoms with Crippen LogP contribution in [0, 0.1) is 0 Å². The van der Waals surface area contributed by atoms with Gasteiger partial charge in [-0.25, -0.2) is 0 Å². The quantitative estimate of drug-likeness (QED) is 0.538. The Morgan fingerprint density at radius 3 is 2.38 bits per heavy atom. The number of nitrogens with zero attached hydrogens (tertiary/aromatic N) is 1. The molecule has 0 saturated heterocycles. The van der Waals surface area contributed by atoms with Crippen LogP contribution in [0.5, 0.6) is 0 Å². The first kappa shape index (κ1) is 18.4. The van der Waals surface area contributed by atoms with E-state index in [1.54, 1.807) is 18.3 Å². The average molecular weight is 381 g/mol. The van der Waals surface area contributed by atoms with Gasteiger partial charge in [0.2, 0.25) is 0 Å². The summed E-state index contributed by atoms with van der Waals surface area (Å²) in [7, 11) is 0.